The minimum Gasteiger partial charge on any atom is -0.462 e. The van der Waals surface area contributed by atoms with Gasteiger partial charge in [0.15, 0.2) is 6.10 Å². The van der Waals surface area contributed by atoms with Crippen molar-refractivity contribution in [1.82, 2.24) is 0 Å². The average molecular weight is 1050 g/mol. The molecule has 69 heavy (non-hydrogen) atoms. The Morgan fingerprint density at radius 1 is 0.464 bits per heavy atom. The van der Waals surface area contributed by atoms with Gasteiger partial charge in [-0.2, -0.15) is 0 Å². The average Bonchev–Trinajstić information content (AvgIpc) is 3.28. The molecular weight excluding hydrogens is 961 g/mol. The predicted octanol–water partition coefficient (Wildman–Crippen LogP) is 9.18. The van der Waals surface area contributed by atoms with E-state index in [0.29, 0.717) is 25.7 Å². The normalized spacial score (nSPS) is 21.8. The SMILES string of the molecule is CCCCCC=CCC=CCC=CCC=CCCCC(=O)OC(COC(=O)CCCCCCCCCC=CCCCCCC)COP(=O)(O)OC1C(O)C(O)C(OP(=O)(O)O)C(OP(=O)(O)O)C1O. The van der Waals surface area contributed by atoms with Gasteiger partial charge in [-0.05, 0) is 77.0 Å². The zero-order valence-electron chi connectivity index (χ0n) is 40.6. The van der Waals surface area contributed by atoms with Crippen molar-refractivity contribution in [1.29, 1.82) is 0 Å². The zero-order chi connectivity index (χ0) is 51.4. The van der Waals surface area contributed by atoms with Gasteiger partial charge < -0.3 is 49.3 Å². The summed E-state index contributed by atoms with van der Waals surface area (Å²) >= 11 is 0. The first-order valence-electron chi connectivity index (χ1n) is 24.6. The molecule has 0 aliphatic heterocycles. The fourth-order valence-electron chi connectivity index (χ4n) is 7.10. The lowest BCUT2D eigenvalue weighted by Crippen LogP contribution is -2.65. The molecule has 19 nitrogen and oxygen atoms in total. The van der Waals surface area contributed by atoms with Gasteiger partial charge >= 0.3 is 35.4 Å². The summed E-state index contributed by atoms with van der Waals surface area (Å²) in [7, 11) is -16.6. The molecule has 0 amide bonds. The minimum absolute atomic E-state index is 0.0611. The van der Waals surface area contributed by atoms with Crippen LogP contribution >= 0.6 is 23.5 Å². The molecule has 8 atom stereocenters. The predicted molar refractivity (Wildman–Crippen MR) is 261 cm³/mol. The number of carbonyl (C=O) groups excluding carboxylic acids is 2. The van der Waals surface area contributed by atoms with E-state index in [1.54, 1.807) is 0 Å². The van der Waals surface area contributed by atoms with E-state index >= 15 is 0 Å². The number of carbonyl (C=O) groups is 2. The van der Waals surface area contributed by atoms with Crippen LogP contribution in [0.3, 0.4) is 0 Å². The zero-order valence-corrected chi connectivity index (χ0v) is 43.3. The van der Waals surface area contributed by atoms with Crippen molar-refractivity contribution >= 4 is 35.4 Å². The van der Waals surface area contributed by atoms with Gasteiger partial charge in [0.25, 0.3) is 0 Å². The van der Waals surface area contributed by atoms with Crippen LogP contribution in [0.2, 0.25) is 0 Å². The van der Waals surface area contributed by atoms with Gasteiger partial charge in [-0.15, -0.1) is 0 Å². The highest BCUT2D eigenvalue weighted by atomic mass is 31.2. The first kappa shape index (κ1) is 64.9. The minimum atomic E-state index is -5.61. The van der Waals surface area contributed by atoms with Crippen molar-refractivity contribution < 1.29 is 90.6 Å². The van der Waals surface area contributed by atoms with E-state index in [2.05, 4.69) is 65.4 Å². The summed E-state index contributed by atoms with van der Waals surface area (Å²) in [6, 6.07) is 0. The van der Waals surface area contributed by atoms with E-state index in [1.807, 2.05) is 18.2 Å². The molecule has 0 radical (unpaired) electrons. The standard InChI is InChI=1S/C47H83O19P3/c1-3-5-7-9-11-13-15-17-19-20-22-24-26-28-30-32-34-36-41(49)63-39(37-61-40(48)35-33-31-29-27-25-23-21-18-16-14-12-10-8-6-4-2)38-62-69(59,60)66-45-42(50)43(51)46(64-67(53,54)55)47(44(45)52)65-68(56,57)58/h11,13-14,16-17,19,22,24,28,30,39,42-47,50-52H,3-10,12,15,18,20-21,23,25-27,29,31-38H2,1-2H3,(H,59,60)(H2,53,54,55)(H2,56,57,58). The summed E-state index contributed by atoms with van der Waals surface area (Å²) in [6.45, 7) is 2.86. The van der Waals surface area contributed by atoms with Crippen molar-refractivity contribution in [3.05, 3.63) is 60.8 Å². The largest absolute Gasteiger partial charge is 0.472 e. The summed E-state index contributed by atoms with van der Waals surface area (Å²) in [5, 5.41) is 31.9. The van der Waals surface area contributed by atoms with Gasteiger partial charge in [-0.25, -0.2) is 13.7 Å². The lowest BCUT2D eigenvalue weighted by atomic mass is 9.85. The number of phosphoric acid groups is 3. The molecule has 22 heteroatoms. The molecule has 0 aromatic rings. The van der Waals surface area contributed by atoms with Crippen LogP contribution in [-0.4, -0.2) is 108 Å². The van der Waals surface area contributed by atoms with Gasteiger partial charge in [0, 0.05) is 12.8 Å². The topological polar surface area (TPSA) is 303 Å². The van der Waals surface area contributed by atoms with Gasteiger partial charge in [-0.1, -0.05) is 139 Å². The van der Waals surface area contributed by atoms with Gasteiger partial charge in [-0.3, -0.25) is 27.7 Å². The Kier molecular flexibility index (Phi) is 36.2. The fraction of sp³-hybridized carbons (Fsp3) is 0.745. The number of rotatable bonds is 41. The molecule has 0 saturated heterocycles. The van der Waals surface area contributed by atoms with Crippen LogP contribution in [0.1, 0.15) is 168 Å². The number of allylic oxidation sites excluding steroid dienone is 10. The summed E-state index contributed by atoms with van der Waals surface area (Å²) in [4.78, 5) is 73.2. The smallest absolute Gasteiger partial charge is 0.462 e. The number of esters is 2. The second-order valence-electron chi connectivity index (χ2n) is 17.0. The van der Waals surface area contributed by atoms with E-state index in [9.17, 15) is 63.1 Å². The second-order valence-corrected chi connectivity index (χ2v) is 20.8. The molecule has 0 spiro atoms. The third kappa shape index (κ3) is 34.8. The Balaban J connectivity index is 2.77. The number of hydrogen-bond donors (Lipinski definition) is 8. The van der Waals surface area contributed by atoms with E-state index < -0.39 is 91.3 Å². The Hall–Kier alpha value is -2.15. The summed E-state index contributed by atoms with van der Waals surface area (Å²) < 4.78 is 65.4. The molecule has 1 saturated carbocycles. The molecule has 1 aliphatic rings. The number of unbranched alkanes of at least 4 members (excludes halogenated alkanes) is 15. The highest BCUT2D eigenvalue weighted by Gasteiger charge is 2.56. The first-order chi connectivity index (χ1) is 32.8. The maximum Gasteiger partial charge on any atom is 0.472 e. The van der Waals surface area contributed by atoms with Crippen LogP contribution < -0.4 is 0 Å². The lowest BCUT2D eigenvalue weighted by molar-refractivity contribution is -0.213. The highest BCUT2D eigenvalue weighted by molar-refractivity contribution is 7.47. The van der Waals surface area contributed by atoms with Gasteiger partial charge in [0.05, 0.1) is 6.61 Å². The van der Waals surface area contributed by atoms with Crippen molar-refractivity contribution in [2.24, 2.45) is 0 Å². The monoisotopic (exact) mass is 1040 g/mol. The van der Waals surface area contributed by atoms with E-state index in [1.165, 1.54) is 44.9 Å². The van der Waals surface area contributed by atoms with Gasteiger partial charge in [0.1, 0.15) is 43.2 Å². The lowest BCUT2D eigenvalue weighted by Gasteiger charge is -2.44. The number of aliphatic hydroxyl groups excluding tert-OH is 3. The number of aliphatic hydroxyl groups is 3. The Labute approximate surface area is 409 Å². The summed E-state index contributed by atoms with van der Waals surface area (Å²) in [5.74, 6) is -1.37. The Bertz CT molecular complexity index is 1670. The van der Waals surface area contributed by atoms with Crippen molar-refractivity contribution in [2.45, 2.75) is 211 Å². The molecule has 1 rings (SSSR count). The molecule has 8 unspecified atom stereocenters. The van der Waals surface area contributed by atoms with Gasteiger partial charge in [0.2, 0.25) is 0 Å². The maximum absolute atomic E-state index is 13.1. The molecule has 8 N–H and O–H groups in total. The number of hydrogen-bond acceptors (Lipinski definition) is 14. The number of ether oxygens (including phenoxy) is 2. The van der Waals surface area contributed by atoms with E-state index in [-0.39, 0.29) is 12.8 Å². The van der Waals surface area contributed by atoms with Crippen molar-refractivity contribution in [2.75, 3.05) is 13.2 Å². The maximum atomic E-state index is 13.1. The molecule has 1 fully saturated rings. The first-order valence-corrected chi connectivity index (χ1v) is 29.1. The van der Waals surface area contributed by atoms with Crippen molar-refractivity contribution in [3.63, 3.8) is 0 Å². The number of phosphoric ester groups is 3. The quantitative estimate of drug-likeness (QED) is 0.0122. The fourth-order valence-corrected chi connectivity index (χ4v) is 9.19. The van der Waals surface area contributed by atoms with Crippen LogP contribution in [0.4, 0.5) is 0 Å². The molecule has 0 bridgehead atoms. The molecule has 0 heterocycles. The Morgan fingerprint density at radius 2 is 0.855 bits per heavy atom. The third-order valence-electron chi connectivity index (χ3n) is 10.8. The second kappa shape index (κ2) is 38.5. The highest BCUT2D eigenvalue weighted by Crippen LogP contribution is 2.51. The van der Waals surface area contributed by atoms with E-state index in [0.717, 1.165) is 70.6 Å². The van der Waals surface area contributed by atoms with Crippen LogP contribution in [0.15, 0.2) is 60.8 Å². The van der Waals surface area contributed by atoms with Crippen LogP contribution in [0, 0.1) is 0 Å². The molecule has 1 aliphatic carbocycles. The van der Waals surface area contributed by atoms with Crippen LogP contribution in [0.25, 0.3) is 0 Å². The third-order valence-corrected chi connectivity index (χ3v) is 12.8. The van der Waals surface area contributed by atoms with Crippen molar-refractivity contribution in [3.8, 4) is 0 Å². The van der Waals surface area contributed by atoms with Crippen LogP contribution in [-0.2, 0) is 50.9 Å². The van der Waals surface area contributed by atoms with Crippen LogP contribution in [0.5, 0.6) is 0 Å². The molecule has 0 aromatic carbocycles. The summed E-state index contributed by atoms with van der Waals surface area (Å²) in [6.07, 6.45) is 26.7. The van der Waals surface area contributed by atoms with E-state index in [4.69, 9.17) is 18.5 Å². The molecule has 400 valence electrons. The summed E-state index contributed by atoms with van der Waals surface area (Å²) in [5.41, 5.74) is 0. The molecular formula is C47H83O19P3. The Morgan fingerprint density at radius 3 is 1.38 bits per heavy atom. The molecule has 0 aromatic heterocycles.